The van der Waals surface area contributed by atoms with Gasteiger partial charge in [0.1, 0.15) is 10.6 Å². The number of hydrogen-bond acceptors (Lipinski definition) is 8. The molecule has 0 spiro atoms. The molecule has 34 heavy (non-hydrogen) atoms. The minimum absolute atomic E-state index is 0.0544. The molecule has 0 aliphatic heterocycles. The molecule has 13 heteroatoms. The number of fused-ring (bicyclic) bond motifs is 1. The Kier molecular flexibility index (Phi) is 6.44. The van der Waals surface area contributed by atoms with Crippen LogP contribution in [0.1, 0.15) is 12.6 Å². The fourth-order valence-electron chi connectivity index (χ4n) is 3.52. The second-order valence-corrected chi connectivity index (χ2v) is 9.47. The number of rotatable bonds is 8. The van der Waals surface area contributed by atoms with E-state index in [1.807, 2.05) is 0 Å². The minimum atomic E-state index is -4.00. The van der Waals surface area contributed by atoms with E-state index in [1.54, 1.807) is 29.6 Å². The van der Waals surface area contributed by atoms with Crippen molar-refractivity contribution >= 4 is 38.9 Å². The number of amides is 1. The van der Waals surface area contributed by atoms with Gasteiger partial charge in [0.25, 0.3) is 10.0 Å². The van der Waals surface area contributed by atoms with Crippen LogP contribution < -0.4 is 15.4 Å². The summed E-state index contributed by atoms with van der Waals surface area (Å²) in [5.41, 5.74) is 2.87. The summed E-state index contributed by atoms with van der Waals surface area (Å²) in [5.74, 6) is 0.0519. The van der Waals surface area contributed by atoms with Gasteiger partial charge in [0.05, 0.1) is 30.4 Å². The van der Waals surface area contributed by atoms with Gasteiger partial charge in [-0.2, -0.15) is 22.7 Å². The van der Waals surface area contributed by atoms with Crippen LogP contribution in [0.3, 0.4) is 0 Å². The average Bonchev–Trinajstić information content (AvgIpc) is 3.44. The van der Waals surface area contributed by atoms with Crippen molar-refractivity contribution in [1.29, 1.82) is 0 Å². The van der Waals surface area contributed by atoms with Gasteiger partial charge >= 0.3 is 0 Å². The fourth-order valence-corrected chi connectivity index (χ4v) is 5.00. The highest BCUT2D eigenvalue weighted by molar-refractivity contribution is 7.90. The summed E-state index contributed by atoms with van der Waals surface area (Å²) in [6.45, 7) is 4.11. The number of nitrogens with one attached hydrogen (secondary N) is 2. The third kappa shape index (κ3) is 4.41. The molecule has 0 radical (unpaired) electrons. The molecule has 0 saturated carbocycles. The average molecular weight is 504 g/mol. The molecule has 0 bridgehead atoms. The second-order valence-electron chi connectivity index (χ2n) is 7.32. The number of nitrogens with zero attached hydrogens (tertiary/aromatic N) is 5. The lowest BCUT2D eigenvalue weighted by molar-refractivity contribution is -0.118. The molecule has 0 saturated heterocycles. The molecule has 0 atom stereocenters. The molecule has 0 fully saturated rings. The topological polar surface area (TPSA) is 133 Å². The van der Waals surface area contributed by atoms with Gasteiger partial charge in [0.15, 0.2) is 10.8 Å². The van der Waals surface area contributed by atoms with Crippen LogP contribution in [-0.4, -0.2) is 58.3 Å². The van der Waals surface area contributed by atoms with Crippen molar-refractivity contribution in [1.82, 2.24) is 29.1 Å². The van der Waals surface area contributed by atoms with Crippen molar-refractivity contribution in [2.75, 3.05) is 25.5 Å². The highest BCUT2D eigenvalue weighted by Gasteiger charge is 2.25. The van der Waals surface area contributed by atoms with Crippen molar-refractivity contribution in [2.24, 2.45) is 0 Å². The molecular weight excluding hydrogens is 482 g/mol. The first kappa shape index (κ1) is 23.5. The largest absolute Gasteiger partial charge is 0.495 e. The van der Waals surface area contributed by atoms with Gasteiger partial charge in [-0.3, -0.25) is 4.79 Å². The van der Waals surface area contributed by atoms with E-state index in [2.05, 4.69) is 25.8 Å². The van der Waals surface area contributed by atoms with E-state index in [1.165, 1.54) is 38.6 Å². The molecular formula is C21H22ClN7O4S. The first-order valence-corrected chi connectivity index (χ1v) is 12.0. The quantitative estimate of drug-likeness (QED) is 0.350. The standard InChI is InChI=1S/C21H22ClN7O4S/c1-13-20(29-21(26-13)16(12-19(22)27-29)24-9-8-23-14(2)30)15-5-6-17(33-3)18(11-15)34(31,32)28-10-4-7-25-28/h4-7,10-12,24H,8-9H2,1-3H3,(H,23,30). The van der Waals surface area contributed by atoms with Crippen LogP contribution in [0.25, 0.3) is 16.9 Å². The van der Waals surface area contributed by atoms with Gasteiger partial charge in [-0.1, -0.05) is 11.6 Å². The van der Waals surface area contributed by atoms with E-state index in [0.29, 0.717) is 41.4 Å². The number of imidazole rings is 1. The molecule has 4 rings (SSSR count). The number of hydrogen-bond donors (Lipinski definition) is 2. The number of ether oxygens (including phenoxy) is 1. The Bertz CT molecular complexity index is 1470. The first-order chi connectivity index (χ1) is 16.2. The summed E-state index contributed by atoms with van der Waals surface area (Å²) in [5, 5.41) is 14.4. The molecule has 3 aromatic heterocycles. The Hall–Kier alpha value is -3.64. The van der Waals surface area contributed by atoms with Gasteiger partial charge < -0.3 is 15.4 Å². The number of methoxy groups -OCH3 is 1. The summed E-state index contributed by atoms with van der Waals surface area (Å²) in [7, 11) is -2.60. The lowest BCUT2D eigenvalue weighted by atomic mass is 10.1. The third-order valence-electron chi connectivity index (χ3n) is 4.98. The SMILES string of the molecule is COc1ccc(-c2c(C)nc3c(NCCNC(C)=O)cc(Cl)nn23)cc1S(=O)(=O)n1cccn1. The van der Waals surface area contributed by atoms with Crippen LogP contribution in [0.2, 0.25) is 5.15 Å². The van der Waals surface area contributed by atoms with Crippen molar-refractivity contribution < 1.29 is 17.9 Å². The number of carbonyl (C=O) groups excluding carboxylic acids is 1. The maximum absolute atomic E-state index is 13.2. The lowest BCUT2D eigenvalue weighted by Gasteiger charge is -2.12. The summed E-state index contributed by atoms with van der Waals surface area (Å²) < 4.78 is 34.1. The summed E-state index contributed by atoms with van der Waals surface area (Å²) >= 11 is 6.28. The van der Waals surface area contributed by atoms with Gasteiger partial charge in [0.2, 0.25) is 5.91 Å². The van der Waals surface area contributed by atoms with E-state index in [9.17, 15) is 13.2 Å². The lowest BCUT2D eigenvalue weighted by Crippen LogP contribution is -2.26. The van der Waals surface area contributed by atoms with Crippen LogP contribution in [0.5, 0.6) is 5.75 Å². The Morgan fingerprint density at radius 2 is 2.03 bits per heavy atom. The van der Waals surface area contributed by atoms with Crippen LogP contribution in [0.15, 0.2) is 47.6 Å². The number of aromatic nitrogens is 5. The monoisotopic (exact) mass is 503 g/mol. The Morgan fingerprint density at radius 3 is 2.71 bits per heavy atom. The van der Waals surface area contributed by atoms with Crippen molar-refractivity contribution in [3.8, 4) is 17.0 Å². The van der Waals surface area contributed by atoms with Gasteiger partial charge in [-0.25, -0.2) is 9.50 Å². The summed E-state index contributed by atoms with van der Waals surface area (Å²) in [6.07, 6.45) is 2.73. The number of carbonyl (C=O) groups is 1. The van der Waals surface area contributed by atoms with Crippen LogP contribution >= 0.6 is 11.6 Å². The molecule has 1 aromatic carbocycles. The minimum Gasteiger partial charge on any atom is -0.495 e. The zero-order valence-electron chi connectivity index (χ0n) is 18.6. The van der Waals surface area contributed by atoms with Crippen LogP contribution in [0, 0.1) is 6.92 Å². The fraction of sp³-hybridized carbons (Fsp3) is 0.238. The Balaban J connectivity index is 1.81. The first-order valence-electron chi connectivity index (χ1n) is 10.2. The molecule has 178 valence electrons. The molecule has 0 aliphatic carbocycles. The predicted molar refractivity (Wildman–Crippen MR) is 127 cm³/mol. The van der Waals surface area contributed by atoms with E-state index >= 15 is 0 Å². The predicted octanol–water partition coefficient (Wildman–Crippen LogP) is 2.35. The van der Waals surface area contributed by atoms with Crippen molar-refractivity contribution in [3.63, 3.8) is 0 Å². The third-order valence-corrected chi connectivity index (χ3v) is 6.75. The number of halogens is 1. The molecule has 11 nitrogen and oxygen atoms in total. The van der Waals surface area contributed by atoms with Crippen molar-refractivity contribution in [2.45, 2.75) is 18.7 Å². The normalized spacial score (nSPS) is 11.5. The van der Waals surface area contributed by atoms with Crippen molar-refractivity contribution in [3.05, 3.63) is 53.6 Å². The van der Waals surface area contributed by atoms with Gasteiger partial charge in [0, 0.05) is 37.8 Å². The van der Waals surface area contributed by atoms with Crippen LogP contribution in [-0.2, 0) is 14.8 Å². The van der Waals surface area contributed by atoms with Gasteiger partial charge in [-0.05, 0) is 31.2 Å². The Labute approximate surface area is 200 Å². The maximum atomic E-state index is 13.2. The van der Waals surface area contributed by atoms with Gasteiger partial charge in [-0.15, -0.1) is 0 Å². The molecule has 3 heterocycles. The van der Waals surface area contributed by atoms with E-state index < -0.39 is 10.0 Å². The second kappa shape index (κ2) is 9.31. The molecule has 1 amide bonds. The highest BCUT2D eigenvalue weighted by atomic mass is 35.5. The zero-order chi connectivity index (χ0) is 24.5. The number of benzene rings is 1. The smallest absolute Gasteiger partial charge is 0.286 e. The van der Waals surface area contributed by atoms with E-state index in [-0.39, 0.29) is 21.7 Å². The zero-order valence-corrected chi connectivity index (χ0v) is 20.2. The molecule has 4 aromatic rings. The number of anilines is 1. The maximum Gasteiger partial charge on any atom is 0.286 e. The summed E-state index contributed by atoms with van der Waals surface area (Å²) in [4.78, 5) is 15.7. The number of aryl methyl sites for hydroxylation is 1. The van der Waals surface area contributed by atoms with Crippen LogP contribution in [0.4, 0.5) is 5.69 Å². The molecule has 2 N–H and O–H groups in total. The highest BCUT2D eigenvalue weighted by Crippen LogP contribution is 2.34. The Morgan fingerprint density at radius 1 is 1.24 bits per heavy atom. The van der Waals surface area contributed by atoms with E-state index in [4.69, 9.17) is 16.3 Å². The van der Waals surface area contributed by atoms with E-state index in [0.717, 1.165) is 4.09 Å². The molecule has 0 unspecified atom stereocenters. The summed E-state index contributed by atoms with van der Waals surface area (Å²) in [6, 6.07) is 7.96. The molecule has 0 aliphatic rings.